The number of nitrogens with zero attached hydrogens (tertiary/aromatic N) is 4. The summed E-state index contributed by atoms with van der Waals surface area (Å²) in [6, 6.07) is 0. The third-order valence-electron chi connectivity index (χ3n) is 2.90. The molecular weight excluding hydrogens is 216 g/mol. The van der Waals surface area contributed by atoms with Crippen molar-refractivity contribution < 1.29 is 4.79 Å². The van der Waals surface area contributed by atoms with E-state index >= 15 is 0 Å². The van der Waals surface area contributed by atoms with Crippen LogP contribution in [0, 0.1) is 13.8 Å². The summed E-state index contributed by atoms with van der Waals surface area (Å²) < 4.78 is 3.72. The van der Waals surface area contributed by atoms with Crippen LogP contribution in [-0.2, 0) is 13.1 Å². The van der Waals surface area contributed by atoms with Crippen LogP contribution in [0.25, 0.3) is 0 Å². The summed E-state index contributed by atoms with van der Waals surface area (Å²) in [7, 11) is 0. The fourth-order valence-electron chi connectivity index (χ4n) is 1.87. The number of carbonyl (C=O) groups excluding carboxylic acids is 1. The first-order chi connectivity index (χ1) is 8.15. The van der Waals surface area contributed by atoms with Gasteiger partial charge in [0, 0.05) is 24.0 Å². The maximum absolute atomic E-state index is 10.9. The van der Waals surface area contributed by atoms with Crippen LogP contribution in [0.1, 0.15) is 34.2 Å². The van der Waals surface area contributed by atoms with E-state index in [2.05, 4.69) is 10.2 Å². The molecule has 5 heteroatoms. The third-order valence-corrected chi connectivity index (χ3v) is 2.90. The van der Waals surface area contributed by atoms with Crippen LogP contribution in [0.3, 0.4) is 0 Å². The minimum atomic E-state index is 0.653. The molecule has 0 saturated heterocycles. The molecule has 90 valence electrons. The second-order valence-electron chi connectivity index (χ2n) is 4.06. The number of aldehydes is 1. The minimum absolute atomic E-state index is 0.653. The van der Waals surface area contributed by atoms with Crippen molar-refractivity contribution in [3.05, 3.63) is 34.9 Å². The average molecular weight is 232 g/mol. The Hall–Kier alpha value is -1.91. The summed E-state index contributed by atoms with van der Waals surface area (Å²) >= 11 is 0. The SMILES string of the molecule is CCn1cc(Cn2nc(C)c(C=O)c2C)cn1. The van der Waals surface area contributed by atoms with Gasteiger partial charge in [0.2, 0.25) is 0 Å². The van der Waals surface area contributed by atoms with E-state index in [0.717, 1.165) is 29.8 Å². The van der Waals surface area contributed by atoms with Gasteiger partial charge >= 0.3 is 0 Å². The molecule has 2 aromatic rings. The van der Waals surface area contributed by atoms with Gasteiger partial charge in [0.1, 0.15) is 0 Å². The number of hydrogen-bond acceptors (Lipinski definition) is 3. The molecule has 17 heavy (non-hydrogen) atoms. The van der Waals surface area contributed by atoms with E-state index in [1.165, 1.54) is 0 Å². The summed E-state index contributed by atoms with van der Waals surface area (Å²) in [5.41, 5.74) is 3.46. The number of hydrogen-bond donors (Lipinski definition) is 0. The number of carbonyl (C=O) groups is 1. The van der Waals surface area contributed by atoms with Crippen molar-refractivity contribution in [1.29, 1.82) is 0 Å². The third kappa shape index (κ3) is 2.13. The molecule has 2 heterocycles. The predicted octanol–water partition coefficient (Wildman–Crippen LogP) is 1.58. The number of aromatic nitrogens is 4. The molecule has 0 bridgehead atoms. The molecule has 5 nitrogen and oxygen atoms in total. The van der Waals surface area contributed by atoms with Crippen molar-refractivity contribution >= 4 is 6.29 Å². The highest BCUT2D eigenvalue weighted by atomic mass is 16.1. The van der Waals surface area contributed by atoms with Crippen molar-refractivity contribution in [2.45, 2.75) is 33.9 Å². The number of rotatable bonds is 4. The molecule has 0 aliphatic rings. The molecule has 2 aromatic heterocycles. The quantitative estimate of drug-likeness (QED) is 0.752. The topological polar surface area (TPSA) is 52.7 Å². The maximum Gasteiger partial charge on any atom is 0.153 e. The summed E-state index contributed by atoms with van der Waals surface area (Å²) in [4.78, 5) is 10.9. The predicted molar refractivity (Wildman–Crippen MR) is 64.1 cm³/mol. The van der Waals surface area contributed by atoms with Gasteiger partial charge in [0.25, 0.3) is 0 Å². The van der Waals surface area contributed by atoms with Gasteiger partial charge < -0.3 is 0 Å². The van der Waals surface area contributed by atoms with Crippen molar-refractivity contribution in [1.82, 2.24) is 19.6 Å². The summed E-state index contributed by atoms with van der Waals surface area (Å²) in [6.07, 6.45) is 4.70. The Morgan fingerprint density at radius 3 is 2.71 bits per heavy atom. The van der Waals surface area contributed by atoms with Crippen LogP contribution in [0.2, 0.25) is 0 Å². The Balaban J connectivity index is 2.27. The van der Waals surface area contributed by atoms with E-state index in [9.17, 15) is 4.79 Å². The van der Waals surface area contributed by atoms with Crippen molar-refractivity contribution in [3.8, 4) is 0 Å². The Morgan fingerprint density at radius 2 is 2.18 bits per heavy atom. The molecule has 0 radical (unpaired) electrons. The van der Waals surface area contributed by atoms with Gasteiger partial charge in [-0.1, -0.05) is 0 Å². The Morgan fingerprint density at radius 1 is 1.41 bits per heavy atom. The molecule has 0 unspecified atom stereocenters. The van der Waals surface area contributed by atoms with E-state index in [1.807, 2.05) is 42.5 Å². The highest BCUT2D eigenvalue weighted by molar-refractivity contribution is 5.78. The molecule has 0 N–H and O–H groups in total. The van der Waals surface area contributed by atoms with Crippen LogP contribution in [-0.4, -0.2) is 25.8 Å². The summed E-state index contributed by atoms with van der Waals surface area (Å²) in [6.45, 7) is 7.32. The first kappa shape index (κ1) is 11.6. The maximum atomic E-state index is 10.9. The average Bonchev–Trinajstić information content (AvgIpc) is 2.86. The van der Waals surface area contributed by atoms with Crippen LogP contribution < -0.4 is 0 Å². The largest absolute Gasteiger partial charge is 0.298 e. The molecule has 2 rings (SSSR count). The van der Waals surface area contributed by atoms with Gasteiger partial charge in [-0.2, -0.15) is 10.2 Å². The fourth-order valence-corrected chi connectivity index (χ4v) is 1.87. The Labute approximate surface area is 100 Å². The summed E-state index contributed by atoms with van der Waals surface area (Å²) in [5.74, 6) is 0. The molecule has 0 aromatic carbocycles. The minimum Gasteiger partial charge on any atom is -0.298 e. The molecule has 0 amide bonds. The first-order valence-electron chi connectivity index (χ1n) is 5.66. The van der Waals surface area contributed by atoms with Crippen molar-refractivity contribution in [2.75, 3.05) is 0 Å². The molecule has 0 fully saturated rings. The molecule has 0 aliphatic heterocycles. The van der Waals surface area contributed by atoms with Gasteiger partial charge in [-0.25, -0.2) is 0 Å². The van der Waals surface area contributed by atoms with E-state index in [1.54, 1.807) is 0 Å². The number of aryl methyl sites for hydroxylation is 2. The fraction of sp³-hybridized carbons (Fsp3) is 0.417. The lowest BCUT2D eigenvalue weighted by Gasteiger charge is -2.01. The normalized spacial score (nSPS) is 10.8. The molecule has 0 aliphatic carbocycles. The van der Waals surface area contributed by atoms with Gasteiger partial charge in [-0.3, -0.25) is 14.2 Å². The Bertz CT molecular complexity index is 539. The highest BCUT2D eigenvalue weighted by Crippen LogP contribution is 2.12. The highest BCUT2D eigenvalue weighted by Gasteiger charge is 2.11. The lowest BCUT2D eigenvalue weighted by molar-refractivity contribution is 0.112. The second-order valence-corrected chi connectivity index (χ2v) is 4.06. The van der Waals surface area contributed by atoms with Gasteiger partial charge in [-0.15, -0.1) is 0 Å². The Kier molecular flexibility index (Phi) is 3.08. The van der Waals surface area contributed by atoms with Crippen LogP contribution in [0.4, 0.5) is 0 Å². The zero-order valence-corrected chi connectivity index (χ0v) is 10.3. The second kappa shape index (κ2) is 4.53. The van der Waals surface area contributed by atoms with Crippen molar-refractivity contribution in [3.63, 3.8) is 0 Å². The standard InChI is InChI=1S/C12H16N4O/c1-4-15-6-11(5-13-15)7-16-10(3)12(8-17)9(2)14-16/h5-6,8H,4,7H2,1-3H3. The van der Waals surface area contributed by atoms with Crippen LogP contribution in [0.5, 0.6) is 0 Å². The van der Waals surface area contributed by atoms with Gasteiger partial charge in [0.15, 0.2) is 6.29 Å². The van der Waals surface area contributed by atoms with E-state index in [0.29, 0.717) is 12.1 Å². The molecular formula is C12H16N4O. The zero-order valence-electron chi connectivity index (χ0n) is 10.3. The van der Waals surface area contributed by atoms with Crippen LogP contribution >= 0.6 is 0 Å². The molecule has 0 atom stereocenters. The van der Waals surface area contributed by atoms with E-state index in [4.69, 9.17) is 0 Å². The first-order valence-corrected chi connectivity index (χ1v) is 5.66. The summed E-state index contributed by atoms with van der Waals surface area (Å²) in [5, 5.41) is 8.58. The molecule has 0 saturated carbocycles. The van der Waals surface area contributed by atoms with E-state index in [-0.39, 0.29) is 0 Å². The van der Waals surface area contributed by atoms with Gasteiger partial charge in [-0.05, 0) is 20.8 Å². The van der Waals surface area contributed by atoms with E-state index < -0.39 is 0 Å². The van der Waals surface area contributed by atoms with Crippen LogP contribution in [0.15, 0.2) is 12.4 Å². The van der Waals surface area contributed by atoms with Gasteiger partial charge in [0.05, 0.1) is 24.0 Å². The lowest BCUT2D eigenvalue weighted by Crippen LogP contribution is -2.03. The zero-order chi connectivity index (χ0) is 12.4. The van der Waals surface area contributed by atoms with Crippen molar-refractivity contribution in [2.24, 2.45) is 0 Å². The smallest absolute Gasteiger partial charge is 0.153 e. The molecule has 0 spiro atoms. The lowest BCUT2D eigenvalue weighted by atomic mass is 10.2. The monoisotopic (exact) mass is 232 g/mol.